The quantitative estimate of drug-likeness (QED) is 0.705. The van der Waals surface area contributed by atoms with Crippen molar-refractivity contribution in [1.29, 1.82) is 0 Å². The van der Waals surface area contributed by atoms with Crippen LogP contribution in [-0.2, 0) is 14.4 Å². The molecule has 2 aliphatic rings. The fourth-order valence-corrected chi connectivity index (χ4v) is 3.62. The van der Waals surface area contributed by atoms with Gasteiger partial charge in [0, 0.05) is 24.2 Å². The number of carbonyl (C=O) groups is 4. The van der Waals surface area contributed by atoms with Gasteiger partial charge in [0.2, 0.25) is 11.7 Å². The molecule has 1 aliphatic heterocycles. The molecule has 0 radical (unpaired) electrons. The number of fused-ring (bicyclic) bond motifs is 1. The molecule has 8 nitrogen and oxygen atoms in total. The van der Waals surface area contributed by atoms with Crippen LogP contribution in [0.1, 0.15) is 36.0 Å². The standard InChI is InChI=1S/C21H22N4O4/c26-18(25-11-3-6-17(25)19(27)21(29)24-13-7-8-13)12-23-20(28)15-9-10-22-16-5-2-1-4-14(15)16/h1-2,4-5,9-10,13,17H,3,6-8,11-12H2,(H,23,28)(H,24,29)/t17-/m0/s1. The largest absolute Gasteiger partial charge is 0.347 e. The van der Waals surface area contributed by atoms with Crippen molar-refractivity contribution in [2.45, 2.75) is 37.8 Å². The lowest BCUT2D eigenvalue weighted by Gasteiger charge is -2.23. The first-order valence-electron chi connectivity index (χ1n) is 9.80. The fraction of sp³-hybridized carbons (Fsp3) is 0.381. The number of hydrogen-bond acceptors (Lipinski definition) is 5. The lowest BCUT2D eigenvalue weighted by Crippen LogP contribution is -2.49. The van der Waals surface area contributed by atoms with Gasteiger partial charge in [-0.2, -0.15) is 0 Å². The van der Waals surface area contributed by atoms with E-state index in [0.29, 0.717) is 35.9 Å². The first-order valence-corrected chi connectivity index (χ1v) is 9.80. The Bertz CT molecular complexity index is 980. The summed E-state index contributed by atoms with van der Waals surface area (Å²) in [6.45, 7) is 0.170. The van der Waals surface area contributed by atoms with Gasteiger partial charge in [-0.05, 0) is 37.8 Å². The van der Waals surface area contributed by atoms with Crippen LogP contribution in [0.4, 0.5) is 0 Å². The molecule has 0 spiro atoms. The van der Waals surface area contributed by atoms with Crippen LogP contribution in [0.25, 0.3) is 10.9 Å². The average Bonchev–Trinajstić information content (AvgIpc) is 3.42. The number of hydrogen-bond donors (Lipinski definition) is 2. The van der Waals surface area contributed by atoms with E-state index in [1.54, 1.807) is 18.3 Å². The monoisotopic (exact) mass is 394 g/mol. The average molecular weight is 394 g/mol. The van der Waals surface area contributed by atoms with Gasteiger partial charge in [0.1, 0.15) is 6.04 Å². The summed E-state index contributed by atoms with van der Waals surface area (Å²) >= 11 is 0. The van der Waals surface area contributed by atoms with Crippen LogP contribution in [0.15, 0.2) is 36.5 Å². The smallest absolute Gasteiger partial charge is 0.289 e. The number of ketones is 1. The maximum atomic E-state index is 12.6. The maximum absolute atomic E-state index is 12.6. The van der Waals surface area contributed by atoms with Gasteiger partial charge in [-0.25, -0.2) is 0 Å². The summed E-state index contributed by atoms with van der Waals surface area (Å²) in [7, 11) is 0. The van der Waals surface area contributed by atoms with E-state index in [-0.39, 0.29) is 24.4 Å². The highest BCUT2D eigenvalue weighted by molar-refractivity contribution is 6.38. The molecule has 2 fully saturated rings. The molecule has 29 heavy (non-hydrogen) atoms. The second-order valence-electron chi connectivity index (χ2n) is 7.42. The number of amides is 3. The molecule has 1 aromatic carbocycles. The van der Waals surface area contributed by atoms with E-state index in [1.807, 2.05) is 18.2 Å². The van der Waals surface area contributed by atoms with Crippen LogP contribution in [0.2, 0.25) is 0 Å². The minimum absolute atomic E-state index is 0.0893. The molecule has 1 saturated heterocycles. The van der Waals surface area contributed by atoms with Gasteiger partial charge in [0.15, 0.2) is 0 Å². The molecule has 3 amide bonds. The Morgan fingerprint density at radius 1 is 1.07 bits per heavy atom. The molecule has 2 N–H and O–H groups in total. The Balaban J connectivity index is 1.38. The van der Waals surface area contributed by atoms with E-state index in [9.17, 15) is 19.2 Å². The number of para-hydroxylation sites is 1. The number of pyridine rings is 1. The molecule has 8 heteroatoms. The van der Waals surface area contributed by atoms with Crippen molar-refractivity contribution in [3.63, 3.8) is 0 Å². The Labute approximate surface area is 167 Å². The second kappa shape index (κ2) is 7.98. The van der Waals surface area contributed by atoms with Crippen molar-refractivity contribution >= 4 is 34.4 Å². The first kappa shape index (κ1) is 19.0. The molecular formula is C21H22N4O4. The van der Waals surface area contributed by atoms with E-state index in [1.165, 1.54) is 4.90 Å². The number of rotatable bonds is 6. The summed E-state index contributed by atoms with van der Waals surface area (Å²) in [5, 5.41) is 6.01. The van der Waals surface area contributed by atoms with Crippen molar-refractivity contribution < 1.29 is 19.2 Å². The van der Waals surface area contributed by atoms with E-state index in [4.69, 9.17) is 0 Å². The lowest BCUT2D eigenvalue weighted by atomic mass is 10.1. The summed E-state index contributed by atoms with van der Waals surface area (Å²) in [5.41, 5.74) is 1.12. The highest BCUT2D eigenvalue weighted by atomic mass is 16.2. The summed E-state index contributed by atoms with van der Waals surface area (Å²) in [6.07, 6.45) is 4.45. The topological polar surface area (TPSA) is 108 Å². The molecule has 0 unspecified atom stereocenters. The van der Waals surface area contributed by atoms with Crippen molar-refractivity contribution in [2.75, 3.05) is 13.1 Å². The van der Waals surface area contributed by atoms with Gasteiger partial charge in [0.05, 0.1) is 17.6 Å². The molecule has 1 saturated carbocycles. The first-order chi connectivity index (χ1) is 14.0. The maximum Gasteiger partial charge on any atom is 0.289 e. The van der Waals surface area contributed by atoms with Crippen LogP contribution in [0.5, 0.6) is 0 Å². The van der Waals surface area contributed by atoms with Gasteiger partial charge in [-0.1, -0.05) is 18.2 Å². The van der Waals surface area contributed by atoms with Crippen molar-refractivity contribution in [1.82, 2.24) is 20.5 Å². The minimum atomic E-state index is -0.750. The molecule has 1 aliphatic carbocycles. The van der Waals surface area contributed by atoms with Crippen molar-refractivity contribution in [3.8, 4) is 0 Å². The highest BCUT2D eigenvalue weighted by Crippen LogP contribution is 2.21. The lowest BCUT2D eigenvalue weighted by molar-refractivity contribution is -0.144. The summed E-state index contributed by atoms with van der Waals surface area (Å²) in [5.74, 6) is -1.95. The second-order valence-corrected chi connectivity index (χ2v) is 7.42. The summed E-state index contributed by atoms with van der Waals surface area (Å²) < 4.78 is 0. The molecular weight excluding hydrogens is 372 g/mol. The minimum Gasteiger partial charge on any atom is -0.347 e. The summed E-state index contributed by atoms with van der Waals surface area (Å²) in [6, 6.07) is 8.21. The Morgan fingerprint density at radius 3 is 2.66 bits per heavy atom. The molecule has 2 heterocycles. The van der Waals surface area contributed by atoms with Gasteiger partial charge >= 0.3 is 0 Å². The van der Waals surface area contributed by atoms with Crippen molar-refractivity contribution in [2.24, 2.45) is 0 Å². The molecule has 4 rings (SSSR count). The predicted molar refractivity (Wildman–Crippen MR) is 105 cm³/mol. The van der Waals surface area contributed by atoms with E-state index in [0.717, 1.165) is 12.8 Å². The van der Waals surface area contributed by atoms with E-state index in [2.05, 4.69) is 15.6 Å². The zero-order chi connectivity index (χ0) is 20.4. The number of carbonyl (C=O) groups excluding carboxylic acids is 4. The Kier molecular flexibility index (Phi) is 5.24. The van der Waals surface area contributed by atoms with Gasteiger partial charge in [-0.3, -0.25) is 24.2 Å². The van der Waals surface area contributed by atoms with E-state index < -0.39 is 17.7 Å². The predicted octanol–water partition coefficient (Wildman–Crippen LogP) is 0.803. The number of nitrogens with zero attached hydrogens (tertiary/aromatic N) is 2. The van der Waals surface area contributed by atoms with Crippen LogP contribution in [0, 0.1) is 0 Å². The SMILES string of the molecule is O=C(NC1CC1)C(=O)[C@@H]1CCCN1C(=O)CNC(=O)c1ccnc2ccccc12. The number of aromatic nitrogens is 1. The fourth-order valence-electron chi connectivity index (χ4n) is 3.62. The molecule has 0 bridgehead atoms. The third-order valence-corrected chi connectivity index (χ3v) is 5.31. The number of Topliss-reactive ketones (excluding diaryl/α,β-unsaturated/α-hetero) is 1. The number of likely N-dealkylation sites (tertiary alicyclic amines) is 1. The van der Waals surface area contributed by atoms with Gasteiger partial charge in [0.25, 0.3) is 11.8 Å². The van der Waals surface area contributed by atoms with Crippen LogP contribution in [-0.4, -0.2) is 58.6 Å². The molecule has 2 aromatic rings. The number of nitrogens with one attached hydrogen (secondary N) is 2. The Hall–Kier alpha value is -3.29. The van der Waals surface area contributed by atoms with Gasteiger partial charge < -0.3 is 15.5 Å². The normalized spacial score (nSPS) is 18.5. The van der Waals surface area contributed by atoms with E-state index >= 15 is 0 Å². The molecule has 1 aromatic heterocycles. The zero-order valence-electron chi connectivity index (χ0n) is 15.9. The van der Waals surface area contributed by atoms with Crippen LogP contribution in [0.3, 0.4) is 0 Å². The zero-order valence-corrected chi connectivity index (χ0v) is 15.9. The van der Waals surface area contributed by atoms with Crippen molar-refractivity contribution in [3.05, 3.63) is 42.1 Å². The number of benzene rings is 1. The molecule has 150 valence electrons. The highest BCUT2D eigenvalue weighted by Gasteiger charge is 2.38. The summed E-state index contributed by atoms with van der Waals surface area (Å²) in [4.78, 5) is 55.3. The van der Waals surface area contributed by atoms with Gasteiger partial charge in [-0.15, -0.1) is 0 Å². The Morgan fingerprint density at radius 2 is 1.86 bits per heavy atom. The third kappa shape index (κ3) is 4.11. The third-order valence-electron chi connectivity index (χ3n) is 5.31. The van der Waals surface area contributed by atoms with Crippen LogP contribution < -0.4 is 10.6 Å². The molecule has 1 atom stereocenters. The van der Waals surface area contributed by atoms with Crippen LogP contribution >= 0.6 is 0 Å².